The van der Waals surface area contributed by atoms with Crippen LogP contribution < -0.4 is 0 Å². The highest BCUT2D eigenvalue weighted by atomic mass is 32.2. The summed E-state index contributed by atoms with van der Waals surface area (Å²) >= 11 is 1.94. The van der Waals surface area contributed by atoms with Gasteiger partial charge in [-0.2, -0.15) is 11.8 Å². The van der Waals surface area contributed by atoms with Crippen molar-refractivity contribution in [2.45, 2.75) is 103 Å². The first kappa shape index (κ1) is 19.4. The summed E-state index contributed by atoms with van der Waals surface area (Å²) in [6.07, 6.45) is 15.7. The molecule has 0 aliphatic carbocycles. The lowest BCUT2D eigenvalue weighted by Gasteiger charge is -2.41. The molecule has 0 amide bonds. The lowest BCUT2D eigenvalue weighted by molar-refractivity contribution is 0.00974. The van der Waals surface area contributed by atoms with E-state index in [0.717, 1.165) is 18.6 Å². The van der Waals surface area contributed by atoms with Crippen molar-refractivity contribution < 1.29 is 5.11 Å². The second kappa shape index (κ2) is 10.2. The molecule has 0 radical (unpaired) electrons. The van der Waals surface area contributed by atoms with E-state index >= 15 is 0 Å². The highest BCUT2D eigenvalue weighted by molar-refractivity contribution is 7.99. The Balaban J connectivity index is 1.96. The monoisotopic (exact) mass is 314 g/mol. The topological polar surface area (TPSA) is 20.2 Å². The van der Waals surface area contributed by atoms with Gasteiger partial charge in [-0.3, -0.25) is 0 Å². The standard InChI is InChI=1S/C19H38OS/c1-4-5-6-7-8-9-10-11-12-13-14-19(20)15-18(2,3)16-21-17-19/h20H,4-17H2,1-3H3. The molecule has 1 aliphatic heterocycles. The zero-order valence-electron chi connectivity index (χ0n) is 14.8. The van der Waals surface area contributed by atoms with Crippen LogP contribution in [0.25, 0.3) is 0 Å². The van der Waals surface area contributed by atoms with Crippen LogP contribution in [0, 0.1) is 5.41 Å². The summed E-state index contributed by atoms with van der Waals surface area (Å²) < 4.78 is 0. The van der Waals surface area contributed by atoms with Crippen molar-refractivity contribution in [2.24, 2.45) is 5.41 Å². The first-order chi connectivity index (χ1) is 9.97. The minimum atomic E-state index is -0.382. The van der Waals surface area contributed by atoms with Crippen LogP contribution >= 0.6 is 11.8 Å². The van der Waals surface area contributed by atoms with Crippen LogP contribution in [0.1, 0.15) is 97.8 Å². The molecule has 0 bridgehead atoms. The van der Waals surface area contributed by atoms with E-state index in [1.54, 1.807) is 0 Å². The zero-order chi connectivity index (χ0) is 15.6. The van der Waals surface area contributed by atoms with Gasteiger partial charge in [0, 0.05) is 5.75 Å². The normalized spacial score (nSPS) is 25.1. The molecule has 21 heavy (non-hydrogen) atoms. The van der Waals surface area contributed by atoms with E-state index in [-0.39, 0.29) is 5.60 Å². The maximum Gasteiger partial charge on any atom is 0.0743 e. The number of aliphatic hydroxyl groups is 1. The summed E-state index contributed by atoms with van der Waals surface area (Å²) in [5.74, 6) is 2.15. The van der Waals surface area contributed by atoms with Gasteiger partial charge in [-0.1, -0.05) is 85.0 Å². The van der Waals surface area contributed by atoms with E-state index in [1.807, 2.05) is 11.8 Å². The molecule has 0 saturated carbocycles. The van der Waals surface area contributed by atoms with Crippen LogP contribution in [0.3, 0.4) is 0 Å². The predicted octanol–water partition coefficient (Wildman–Crippen LogP) is 6.19. The van der Waals surface area contributed by atoms with E-state index in [2.05, 4.69) is 20.8 Å². The van der Waals surface area contributed by atoms with E-state index in [4.69, 9.17) is 0 Å². The third-order valence-corrected chi connectivity index (χ3v) is 6.39. The molecular weight excluding hydrogens is 276 g/mol. The van der Waals surface area contributed by atoms with Gasteiger partial charge in [0.15, 0.2) is 0 Å². The molecule has 0 aromatic carbocycles. The maximum atomic E-state index is 10.7. The van der Waals surface area contributed by atoms with Crippen LogP contribution in [0.4, 0.5) is 0 Å². The van der Waals surface area contributed by atoms with Crippen molar-refractivity contribution in [3.8, 4) is 0 Å². The molecular formula is C19H38OS. The molecule has 0 spiro atoms. The summed E-state index contributed by atoms with van der Waals surface area (Å²) in [6.45, 7) is 6.87. The molecule has 1 saturated heterocycles. The third-order valence-electron chi connectivity index (χ3n) is 4.67. The van der Waals surface area contributed by atoms with Gasteiger partial charge in [0.05, 0.1) is 5.60 Å². The van der Waals surface area contributed by atoms with Gasteiger partial charge in [-0.05, 0) is 24.0 Å². The van der Waals surface area contributed by atoms with Crippen LogP contribution in [-0.4, -0.2) is 22.2 Å². The number of thioether (sulfide) groups is 1. The Hall–Kier alpha value is 0.310. The van der Waals surface area contributed by atoms with Crippen molar-refractivity contribution in [1.29, 1.82) is 0 Å². The first-order valence-electron chi connectivity index (χ1n) is 9.28. The van der Waals surface area contributed by atoms with Crippen molar-refractivity contribution in [2.75, 3.05) is 11.5 Å². The van der Waals surface area contributed by atoms with Gasteiger partial charge < -0.3 is 5.11 Å². The minimum absolute atomic E-state index is 0.316. The largest absolute Gasteiger partial charge is 0.389 e. The molecule has 126 valence electrons. The summed E-state index contributed by atoms with van der Waals surface area (Å²) in [5.41, 5.74) is -0.0667. The lowest BCUT2D eigenvalue weighted by atomic mass is 9.79. The molecule has 1 rings (SSSR count). The Morgan fingerprint density at radius 3 is 1.86 bits per heavy atom. The molecule has 1 N–H and O–H groups in total. The van der Waals surface area contributed by atoms with Crippen LogP contribution in [-0.2, 0) is 0 Å². The molecule has 2 heteroatoms. The van der Waals surface area contributed by atoms with Crippen molar-refractivity contribution in [1.82, 2.24) is 0 Å². The maximum absolute atomic E-state index is 10.7. The number of unbranched alkanes of at least 4 members (excludes halogenated alkanes) is 9. The van der Waals surface area contributed by atoms with Crippen LogP contribution in [0.2, 0.25) is 0 Å². The predicted molar refractivity (Wildman–Crippen MR) is 97.1 cm³/mol. The fourth-order valence-electron chi connectivity index (χ4n) is 3.61. The highest BCUT2D eigenvalue weighted by Crippen LogP contribution is 2.41. The Bertz CT molecular complexity index is 264. The van der Waals surface area contributed by atoms with Gasteiger partial charge in [0.2, 0.25) is 0 Å². The molecule has 1 atom stereocenters. The summed E-state index contributed by atoms with van der Waals surface area (Å²) in [7, 11) is 0. The SMILES string of the molecule is CCCCCCCCCCCCC1(O)CSCC(C)(C)C1. The summed E-state index contributed by atoms with van der Waals surface area (Å²) in [5, 5.41) is 10.7. The van der Waals surface area contributed by atoms with Crippen molar-refractivity contribution in [3.63, 3.8) is 0 Å². The van der Waals surface area contributed by atoms with Gasteiger partial charge >= 0.3 is 0 Å². The fraction of sp³-hybridized carbons (Fsp3) is 1.00. The molecule has 0 aromatic rings. The number of rotatable bonds is 11. The molecule has 0 aromatic heterocycles. The van der Waals surface area contributed by atoms with E-state index in [1.165, 1.54) is 70.0 Å². The molecule has 1 nitrogen and oxygen atoms in total. The third kappa shape index (κ3) is 9.13. The quantitative estimate of drug-likeness (QED) is 0.459. The zero-order valence-corrected chi connectivity index (χ0v) is 15.6. The number of hydrogen-bond donors (Lipinski definition) is 1. The van der Waals surface area contributed by atoms with Gasteiger partial charge in [0.1, 0.15) is 0 Å². The first-order valence-corrected chi connectivity index (χ1v) is 10.4. The molecule has 1 heterocycles. The van der Waals surface area contributed by atoms with Gasteiger partial charge in [-0.15, -0.1) is 0 Å². The van der Waals surface area contributed by atoms with E-state index < -0.39 is 0 Å². The average molecular weight is 315 g/mol. The highest BCUT2D eigenvalue weighted by Gasteiger charge is 2.38. The Labute approximate surface area is 137 Å². The lowest BCUT2D eigenvalue weighted by Crippen LogP contribution is -2.42. The average Bonchev–Trinajstić information content (AvgIpc) is 2.39. The molecule has 1 aliphatic rings. The van der Waals surface area contributed by atoms with Crippen LogP contribution in [0.15, 0.2) is 0 Å². The van der Waals surface area contributed by atoms with Crippen LogP contribution in [0.5, 0.6) is 0 Å². The fourth-order valence-corrected chi connectivity index (χ4v) is 5.00. The second-order valence-corrected chi connectivity index (χ2v) is 8.98. The minimum Gasteiger partial charge on any atom is -0.389 e. The smallest absolute Gasteiger partial charge is 0.0743 e. The summed E-state index contributed by atoms with van der Waals surface area (Å²) in [6, 6.07) is 0. The second-order valence-electron chi connectivity index (χ2n) is 7.99. The molecule has 1 fully saturated rings. The van der Waals surface area contributed by atoms with E-state index in [9.17, 15) is 5.11 Å². The van der Waals surface area contributed by atoms with Gasteiger partial charge in [0.25, 0.3) is 0 Å². The Kier molecular flexibility index (Phi) is 9.36. The Morgan fingerprint density at radius 2 is 1.33 bits per heavy atom. The molecule has 1 unspecified atom stereocenters. The number of hydrogen-bond acceptors (Lipinski definition) is 2. The van der Waals surface area contributed by atoms with Gasteiger partial charge in [-0.25, -0.2) is 0 Å². The van der Waals surface area contributed by atoms with Crippen molar-refractivity contribution in [3.05, 3.63) is 0 Å². The Morgan fingerprint density at radius 1 is 0.810 bits per heavy atom. The van der Waals surface area contributed by atoms with Crippen molar-refractivity contribution >= 4 is 11.8 Å². The van der Waals surface area contributed by atoms with E-state index in [0.29, 0.717) is 5.41 Å². The summed E-state index contributed by atoms with van der Waals surface area (Å²) in [4.78, 5) is 0.